The molecule has 1 fully saturated rings. The predicted octanol–water partition coefficient (Wildman–Crippen LogP) is 5.71. The number of benzene rings is 3. The molecule has 1 nitrogen and oxygen atoms in total. The van der Waals surface area contributed by atoms with Crippen LogP contribution < -0.4 is 0 Å². The maximum Gasteiger partial charge on any atom is 0.0717 e. The predicted molar refractivity (Wildman–Crippen MR) is 103 cm³/mol. The van der Waals surface area contributed by atoms with Crippen molar-refractivity contribution in [3.63, 3.8) is 0 Å². The van der Waals surface area contributed by atoms with Gasteiger partial charge in [0, 0.05) is 0 Å². The first-order valence-electron chi connectivity index (χ1n) is 9.06. The SMILES string of the molecule is Cc1cccc([C@H]2[C@H](COCc3ccccc3)[C@H]2c2ccccc2)c1. The fourth-order valence-corrected chi connectivity index (χ4v) is 3.93. The van der Waals surface area contributed by atoms with Gasteiger partial charge in [-0.1, -0.05) is 90.5 Å². The molecule has 1 saturated carbocycles. The third-order valence-electron chi connectivity index (χ3n) is 5.20. The van der Waals surface area contributed by atoms with Crippen LogP contribution in [0.1, 0.15) is 34.1 Å². The van der Waals surface area contributed by atoms with Gasteiger partial charge in [-0.3, -0.25) is 0 Å². The molecule has 0 aromatic heterocycles. The minimum atomic E-state index is 0.563. The summed E-state index contributed by atoms with van der Waals surface area (Å²) >= 11 is 0. The maximum absolute atomic E-state index is 6.08. The second kappa shape index (κ2) is 7.25. The number of hydrogen-bond acceptors (Lipinski definition) is 1. The van der Waals surface area contributed by atoms with E-state index in [9.17, 15) is 0 Å². The number of aryl methyl sites for hydroxylation is 1. The van der Waals surface area contributed by atoms with Gasteiger partial charge in [0.15, 0.2) is 0 Å². The summed E-state index contributed by atoms with van der Waals surface area (Å²) in [6.07, 6.45) is 0. The number of hydrogen-bond donors (Lipinski definition) is 0. The van der Waals surface area contributed by atoms with E-state index in [0.29, 0.717) is 24.4 Å². The van der Waals surface area contributed by atoms with E-state index in [2.05, 4.69) is 85.8 Å². The number of ether oxygens (including phenoxy) is 1. The zero-order valence-corrected chi connectivity index (χ0v) is 14.6. The van der Waals surface area contributed by atoms with Crippen molar-refractivity contribution in [2.45, 2.75) is 25.4 Å². The Hall–Kier alpha value is -2.38. The van der Waals surface area contributed by atoms with E-state index in [1.54, 1.807) is 0 Å². The van der Waals surface area contributed by atoms with E-state index >= 15 is 0 Å². The molecule has 4 rings (SSSR count). The lowest BCUT2D eigenvalue weighted by Crippen LogP contribution is -1.99. The van der Waals surface area contributed by atoms with Gasteiger partial charge in [0.25, 0.3) is 0 Å². The molecule has 0 spiro atoms. The summed E-state index contributed by atoms with van der Waals surface area (Å²) < 4.78 is 6.08. The van der Waals surface area contributed by atoms with E-state index in [1.807, 2.05) is 6.07 Å². The molecule has 3 aromatic rings. The molecule has 0 unspecified atom stereocenters. The van der Waals surface area contributed by atoms with Crippen LogP contribution in [0.5, 0.6) is 0 Å². The Kier molecular flexibility index (Phi) is 4.67. The van der Waals surface area contributed by atoms with Gasteiger partial charge in [-0.25, -0.2) is 0 Å². The Bertz CT molecular complexity index is 810. The van der Waals surface area contributed by atoms with E-state index < -0.39 is 0 Å². The summed E-state index contributed by atoms with van der Waals surface area (Å²) in [6.45, 7) is 3.68. The molecular formula is C24H24O. The molecule has 1 aliphatic carbocycles. The minimum Gasteiger partial charge on any atom is -0.376 e. The van der Waals surface area contributed by atoms with Crippen LogP contribution in [0.4, 0.5) is 0 Å². The molecule has 0 saturated heterocycles. The standard InChI is InChI=1S/C24H24O/c1-18-9-8-14-21(15-18)24-22(23(24)20-12-6-3-7-13-20)17-25-16-19-10-4-2-5-11-19/h2-15,22-24H,16-17H2,1H3/t22-,23-,24+/m1/s1. The molecular weight excluding hydrogens is 304 g/mol. The summed E-state index contributed by atoms with van der Waals surface area (Å²) in [5.74, 6) is 1.70. The molecule has 0 radical (unpaired) electrons. The summed E-state index contributed by atoms with van der Waals surface area (Å²) in [6, 6.07) is 30.3. The van der Waals surface area contributed by atoms with E-state index in [0.717, 1.165) is 6.61 Å². The van der Waals surface area contributed by atoms with E-state index in [-0.39, 0.29) is 0 Å². The third-order valence-corrected chi connectivity index (χ3v) is 5.20. The van der Waals surface area contributed by atoms with Crippen molar-refractivity contribution in [2.75, 3.05) is 6.61 Å². The van der Waals surface area contributed by atoms with Gasteiger partial charge >= 0.3 is 0 Å². The van der Waals surface area contributed by atoms with Gasteiger partial charge in [0.1, 0.15) is 0 Å². The Morgan fingerprint density at radius 1 is 0.720 bits per heavy atom. The van der Waals surface area contributed by atoms with Gasteiger partial charge in [-0.15, -0.1) is 0 Å². The van der Waals surface area contributed by atoms with Crippen LogP contribution in [-0.2, 0) is 11.3 Å². The monoisotopic (exact) mass is 328 g/mol. The summed E-state index contributed by atoms with van der Waals surface area (Å²) in [4.78, 5) is 0. The van der Waals surface area contributed by atoms with Crippen molar-refractivity contribution in [3.05, 3.63) is 107 Å². The van der Waals surface area contributed by atoms with E-state index in [4.69, 9.17) is 4.74 Å². The zero-order chi connectivity index (χ0) is 17.1. The highest BCUT2D eigenvalue weighted by Crippen LogP contribution is 2.60. The molecule has 0 bridgehead atoms. The largest absolute Gasteiger partial charge is 0.376 e. The van der Waals surface area contributed by atoms with Crippen LogP contribution in [0.2, 0.25) is 0 Å². The van der Waals surface area contributed by atoms with Gasteiger partial charge in [-0.05, 0) is 41.4 Å². The van der Waals surface area contributed by atoms with Crippen LogP contribution in [-0.4, -0.2) is 6.61 Å². The van der Waals surface area contributed by atoms with Crippen molar-refractivity contribution in [3.8, 4) is 0 Å². The second-order valence-corrected chi connectivity index (χ2v) is 7.04. The van der Waals surface area contributed by atoms with Crippen LogP contribution in [0.25, 0.3) is 0 Å². The third kappa shape index (κ3) is 3.67. The normalized spacial score (nSPS) is 21.9. The van der Waals surface area contributed by atoms with E-state index in [1.165, 1.54) is 22.3 Å². The van der Waals surface area contributed by atoms with Crippen molar-refractivity contribution < 1.29 is 4.74 Å². The van der Waals surface area contributed by atoms with Crippen molar-refractivity contribution >= 4 is 0 Å². The first-order valence-corrected chi connectivity index (χ1v) is 9.06. The highest BCUT2D eigenvalue weighted by molar-refractivity contribution is 5.40. The molecule has 1 aliphatic rings. The minimum absolute atomic E-state index is 0.563. The number of rotatable bonds is 6. The Morgan fingerprint density at radius 2 is 1.36 bits per heavy atom. The smallest absolute Gasteiger partial charge is 0.0717 e. The first kappa shape index (κ1) is 16.1. The molecule has 0 aliphatic heterocycles. The van der Waals surface area contributed by atoms with Gasteiger partial charge < -0.3 is 4.74 Å². The fraction of sp³-hybridized carbons (Fsp3) is 0.250. The average molecular weight is 328 g/mol. The second-order valence-electron chi connectivity index (χ2n) is 7.04. The van der Waals surface area contributed by atoms with Crippen LogP contribution >= 0.6 is 0 Å². The Labute approximate surface area is 150 Å². The lowest BCUT2D eigenvalue weighted by atomic mass is 10.0. The topological polar surface area (TPSA) is 9.23 Å². The summed E-state index contributed by atoms with van der Waals surface area (Å²) in [7, 11) is 0. The van der Waals surface area contributed by atoms with Crippen LogP contribution in [0, 0.1) is 12.8 Å². The van der Waals surface area contributed by atoms with Gasteiger partial charge in [-0.2, -0.15) is 0 Å². The highest BCUT2D eigenvalue weighted by atomic mass is 16.5. The summed E-state index contributed by atoms with van der Waals surface area (Å²) in [5, 5.41) is 0. The van der Waals surface area contributed by atoms with Gasteiger partial charge in [0.2, 0.25) is 0 Å². The maximum atomic E-state index is 6.08. The Balaban J connectivity index is 1.48. The van der Waals surface area contributed by atoms with Crippen molar-refractivity contribution in [2.24, 2.45) is 5.92 Å². The molecule has 0 N–H and O–H groups in total. The lowest BCUT2D eigenvalue weighted by Gasteiger charge is -2.04. The zero-order valence-electron chi connectivity index (χ0n) is 14.6. The van der Waals surface area contributed by atoms with Crippen LogP contribution in [0.15, 0.2) is 84.9 Å². The van der Waals surface area contributed by atoms with Crippen LogP contribution in [0.3, 0.4) is 0 Å². The van der Waals surface area contributed by atoms with Crippen molar-refractivity contribution in [1.29, 1.82) is 0 Å². The average Bonchev–Trinajstić information content (AvgIpc) is 3.37. The quantitative estimate of drug-likeness (QED) is 0.563. The molecule has 1 heteroatoms. The summed E-state index contributed by atoms with van der Waals surface area (Å²) in [5.41, 5.74) is 5.45. The fourth-order valence-electron chi connectivity index (χ4n) is 3.93. The molecule has 0 amide bonds. The highest BCUT2D eigenvalue weighted by Gasteiger charge is 2.51. The first-order chi connectivity index (χ1) is 12.3. The molecule has 126 valence electrons. The molecule has 0 heterocycles. The van der Waals surface area contributed by atoms with Gasteiger partial charge in [0.05, 0.1) is 13.2 Å². The molecule has 3 atom stereocenters. The molecule has 3 aromatic carbocycles. The van der Waals surface area contributed by atoms with Crippen molar-refractivity contribution in [1.82, 2.24) is 0 Å². The molecule has 25 heavy (non-hydrogen) atoms. The Morgan fingerprint density at radius 3 is 2.08 bits per heavy atom. The lowest BCUT2D eigenvalue weighted by molar-refractivity contribution is 0.109.